The molecule has 1 aromatic carbocycles. The molecule has 0 radical (unpaired) electrons. The van der Waals surface area contributed by atoms with E-state index in [0.29, 0.717) is 19.0 Å². The van der Waals surface area contributed by atoms with Crippen molar-refractivity contribution in [1.29, 1.82) is 0 Å². The number of hydrogen-bond acceptors (Lipinski definition) is 3. The predicted molar refractivity (Wildman–Crippen MR) is 85.2 cm³/mol. The summed E-state index contributed by atoms with van der Waals surface area (Å²) >= 11 is 0. The SMILES string of the molecule is CC(C)(C)C1CCN(C(=O)CC(=O)Oc2c(F)c(F)c(F)c(F)c2F)CC1. The zero-order valence-electron chi connectivity index (χ0n) is 15.2. The highest BCUT2D eigenvalue weighted by Crippen LogP contribution is 2.34. The Morgan fingerprint density at radius 2 is 1.37 bits per heavy atom. The highest BCUT2D eigenvalue weighted by Gasteiger charge is 2.32. The van der Waals surface area contributed by atoms with Crippen LogP contribution in [0.25, 0.3) is 0 Å². The number of rotatable bonds is 3. The minimum absolute atomic E-state index is 0.0832. The molecule has 1 heterocycles. The van der Waals surface area contributed by atoms with Crippen molar-refractivity contribution in [3.63, 3.8) is 0 Å². The van der Waals surface area contributed by atoms with Crippen LogP contribution >= 0.6 is 0 Å². The van der Waals surface area contributed by atoms with Gasteiger partial charge in [-0.3, -0.25) is 9.59 Å². The van der Waals surface area contributed by atoms with Crippen molar-refractivity contribution >= 4 is 11.9 Å². The quantitative estimate of drug-likeness (QED) is 0.195. The summed E-state index contributed by atoms with van der Waals surface area (Å²) in [6.45, 7) is 7.11. The van der Waals surface area contributed by atoms with E-state index in [4.69, 9.17) is 0 Å². The molecule has 0 aliphatic carbocycles. The van der Waals surface area contributed by atoms with Crippen molar-refractivity contribution in [3.8, 4) is 5.75 Å². The molecule has 1 fully saturated rings. The Morgan fingerprint density at radius 3 is 1.81 bits per heavy atom. The van der Waals surface area contributed by atoms with E-state index >= 15 is 0 Å². The van der Waals surface area contributed by atoms with Crippen molar-refractivity contribution in [3.05, 3.63) is 29.1 Å². The van der Waals surface area contributed by atoms with Gasteiger partial charge in [-0.25, -0.2) is 13.2 Å². The third-order valence-corrected chi connectivity index (χ3v) is 4.75. The largest absolute Gasteiger partial charge is 0.420 e. The smallest absolute Gasteiger partial charge is 0.320 e. The molecule has 4 nitrogen and oxygen atoms in total. The first kappa shape index (κ1) is 21.1. The molecule has 27 heavy (non-hydrogen) atoms. The molecule has 0 saturated carbocycles. The Kier molecular flexibility index (Phi) is 6.11. The lowest BCUT2D eigenvalue weighted by molar-refractivity contribution is -0.143. The molecule has 1 aromatic rings. The predicted octanol–water partition coefficient (Wildman–Crippen LogP) is 3.96. The summed E-state index contributed by atoms with van der Waals surface area (Å²) in [7, 11) is 0. The first-order valence-corrected chi connectivity index (χ1v) is 8.43. The standard InChI is InChI=1S/C18H20F5NO3/c1-18(2,3)9-4-6-24(7-5-9)10(25)8-11(26)27-17-15(22)13(20)12(19)14(21)16(17)23/h9H,4-8H2,1-3H3. The summed E-state index contributed by atoms with van der Waals surface area (Å²) in [4.78, 5) is 25.3. The van der Waals surface area contributed by atoms with Crippen LogP contribution in [0.1, 0.15) is 40.0 Å². The average Bonchev–Trinajstić information content (AvgIpc) is 2.61. The minimum atomic E-state index is -2.36. The lowest BCUT2D eigenvalue weighted by atomic mass is 9.75. The van der Waals surface area contributed by atoms with Crippen LogP contribution in [0.15, 0.2) is 0 Å². The third kappa shape index (κ3) is 4.56. The van der Waals surface area contributed by atoms with Gasteiger partial charge in [-0.15, -0.1) is 0 Å². The molecule has 1 aliphatic heterocycles. The number of nitrogens with zero attached hydrogens (tertiary/aromatic N) is 1. The number of benzene rings is 1. The molecule has 9 heteroatoms. The molecular weight excluding hydrogens is 373 g/mol. The molecule has 1 amide bonds. The van der Waals surface area contributed by atoms with Gasteiger partial charge in [-0.2, -0.15) is 8.78 Å². The Balaban J connectivity index is 2.00. The molecule has 0 aromatic heterocycles. The summed E-state index contributed by atoms with van der Waals surface area (Å²) < 4.78 is 70.5. The molecule has 1 aliphatic rings. The second kappa shape index (κ2) is 7.82. The minimum Gasteiger partial charge on any atom is -0.420 e. The van der Waals surface area contributed by atoms with Crippen molar-refractivity contribution < 1.29 is 36.3 Å². The molecule has 0 spiro atoms. The Morgan fingerprint density at radius 1 is 0.926 bits per heavy atom. The van der Waals surface area contributed by atoms with Gasteiger partial charge in [0.15, 0.2) is 0 Å². The summed E-state index contributed by atoms with van der Waals surface area (Å²) in [5, 5.41) is 0. The van der Waals surface area contributed by atoms with Crippen LogP contribution in [0.3, 0.4) is 0 Å². The molecule has 0 unspecified atom stereocenters. The number of esters is 1. The molecule has 0 atom stereocenters. The fourth-order valence-electron chi connectivity index (χ4n) is 3.05. The second-order valence-electron chi connectivity index (χ2n) is 7.57. The van der Waals surface area contributed by atoms with Crippen LogP contribution in [0.4, 0.5) is 22.0 Å². The van der Waals surface area contributed by atoms with E-state index in [1.54, 1.807) is 0 Å². The van der Waals surface area contributed by atoms with Crippen LogP contribution in [0.2, 0.25) is 0 Å². The molecule has 150 valence electrons. The second-order valence-corrected chi connectivity index (χ2v) is 7.57. The maximum absolute atomic E-state index is 13.5. The van der Waals surface area contributed by atoms with Crippen LogP contribution in [-0.2, 0) is 9.59 Å². The summed E-state index contributed by atoms with van der Waals surface area (Å²) in [6.07, 6.45) is 0.615. The number of hydrogen-bond donors (Lipinski definition) is 0. The lowest BCUT2D eigenvalue weighted by Gasteiger charge is -2.38. The van der Waals surface area contributed by atoms with E-state index in [1.165, 1.54) is 4.90 Å². The monoisotopic (exact) mass is 393 g/mol. The zero-order valence-corrected chi connectivity index (χ0v) is 15.2. The highest BCUT2D eigenvalue weighted by molar-refractivity contribution is 5.95. The molecule has 0 bridgehead atoms. The van der Waals surface area contributed by atoms with Gasteiger partial charge in [-0.05, 0) is 24.2 Å². The van der Waals surface area contributed by atoms with E-state index in [2.05, 4.69) is 25.5 Å². The number of ether oxygens (including phenoxy) is 1. The van der Waals surface area contributed by atoms with E-state index < -0.39 is 53.1 Å². The normalized spacial score (nSPS) is 15.8. The molecular formula is C18H20F5NO3. The first-order chi connectivity index (χ1) is 12.4. The van der Waals surface area contributed by atoms with E-state index in [0.717, 1.165) is 12.8 Å². The van der Waals surface area contributed by atoms with Crippen LogP contribution in [0.5, 0.6) is 5.75 Å². The Bertz CT molecular complexity index is 723. The average molecular weight is 393 g/mol. The van der Waals surface area contributed by atoms with Crippen molar-refractivity contribution in [1.82, 2.24) is 4.90 Å². The van der Waals surface area contributed by atoms with Gasteiger partial charge in [0.25, 0.3) is 0 Å². The van der Waals surface area contributed by atoms with Gasteiger partial charge in [-0.1, -0.05) is 20.8 Å². The van der Waals surface area contributed by atoms with Crippen molar-refractivity contribution in [2.24, 2.45) is 11.3 Å². The van der Waals surface area contributed by atoms with Crippen LogP contribution in [0, 0.1) is 40.4 Å². The zero-order chi connectivity index (χ0) is 20.5. The van der Waals surface area contributed by atoms with E-state index in [1.807, 2.05) is 0 Å². The van der Waals surface area contributed by atoms with Gasteiger partial charge in [0.1, 0.15) is 6.42 Å². The van der Waals surface area contributed by atoms with Gasteiger partial charge in [0.05, 0.1) is 0 Å². The summed E-state index contributed by atoms with van der Waals surface area (Å²) in [5.41, 5.74) is 0.0832. The summed E-state index contributed by atoms with van der Waals surface area (Å²) in [5.74, 6) is -14.7. The number of carbonyl (C=O) groups is 2. The molecule has 0 N–H and O–H groups in total. The third-order valence-electron chi connectivity index (χ3n) is 4.75. The first-order valence-electron chi connectivity index (χ1n) is 8.43. The van der Waals surface area contributed by atoms with Crippen LogP contribution < -0.4 is 4.74 Å². The van der Waals surface area contributed by atoms with Crippen molar-refractivity contribution in [2.75, 3.05) is 13.1 Å². The topological polar surface area (TPSA) is 46.6 Å². The number of piperidine rings is 1. The highest BCUT2D eigenvalue weighted by atomic mass is 19.2. The van der Waals surface area contributed by atoms with Crippen LogP contribution in [-0.4, -0.2) is 29.9 Å². The van der Waals surface area contributed by atoms with Gasteiger partial charge in [0, 0.05) is 13.1 Å². The fourth-order valence-corrected chi connectivity index (χ4v) is 3.05. The number of amides is 1. The Hall–Kier alpha value is -2.19. The fraction of sp³-hybridized carbons (Fsp3) is 0.556. The summed E-state index contributed by atoms with van der Waals surface area (Å²) in [6, 6.07) is 0. The van der Waals surface area contributed by atoms with Gasteiger partial charge in [0.2, 0.25) is 40.7 Å². The maximum Gasteiger partial charge on any atom is 0.320 e. The maximum atomic E-state index is 13.5. The Labute approximate surface area is 153 Å². The number of carbonyl (C=O) groups excluding carboxylic acids is 2. The van der Waals surface area contributed by atoms with Gasteiger partial charge >= 0.3 is 5.97 Å². The molecule has 2 rings (SSSR count). The molecule has 1 saturated heterocycles. The number of likely N-dealkylation sites (tertiary alicyclic amines) is 1. The van der Waals surface area contributed by atoms with Crippen molar-refractivity contribution in [2.45, 2.75) is 40.0 Å². The van der Waals surface area contributed by atoms with Gasteiger partial charge < -0.3 is 9.64 Å². The lowest BCUT2D eigenvalue weighted by Crippen LogP contribution is -2.42. The van der Waals surface area contributed by atoms with E-state index in [9.17, 15) is 31.5 Å². The number of halogens is 5. The van der Waals surface area contributed by atoms with E-state index in [-0.39, 0.29) is 5.41 Å².